The molecule has 119 heavy (non-hydrogen) atoms. The number of para-hydroxylation sites is 2. The molecule has 40 heteroatoms. The first-order chi connectivity index (χ1) is 56.5. The highest BCUT2D eigenvalue weighted by Crippen LogP contribution is 2.29. The molecule has 0 saturated carbocycles. The van der Waals surface area contributed by atoms with Crippen LogP contribution >= 0.6 is 21.6 Å². The number of fused-ring (bicyclic) bond motifs is 9. The molecular weight excluding hydrogens is 1580 g/mol. The number of aromatic amines is 3. The highest BCUT2D eigenvalue weighted by Gasteiger charge is 2.48. The average Bonchev–Trinajstić information content (AvgIpc) is 1.66. The zero-order chi connectivity index (χ0) is 86.6. The van der Waals surface area contributed by atoms with Crippen LogP contribution in [-0.2, 0) is 96.0 Å². The summed E-state index contributed by atoms with van der Waals surface area (Å²) in [5.41, 5.74) is 9.12. The summed E-state index contributed by atoms with van der Waals surface area (Å²) in [5, 5.41) is 47.4. The van der Waals surface area contributed by atoms with Crippen LogP contribution in [-0.4, -0.2) is 277 Å². The summed E-state index contributed by atoms with van der Waals surface area (Å²) in [6.45, 7) is 11.0. The van der Waals surface area contributed by atoms with E-state index in [1.807, 2.05) is 0 Å². The summed E-state index contributed by atoms with van der Waals surface area (Å²) in [6.07, 6.45) is 3.22. The van der Waals surface area contributed by atoms with Gasteiger partial charge in [-0.05, 0) is 93.4 Å². The Morgan fingerprint density at radius 1 is 0.529 bits per heavy atom. The summed E-state index contributed by atoms with van der Waals surface area (Å²) < 4.78 is 0. The number of nitrogens with zero attached hydrogens (tertiary/aromatic N) is 4. The number of nitrogens with two attached hydrogens (primary N) is 1. The van der Waals surface area contributed by atoms with Gasteiger partial charge in [-0.15, -0.1) is 0 Å². The van der Waals surface area contributed by atoms with E-state index in [4.69, 9.17) is 5.73 Å². The van der Waals surface area contributed by atoms with Crippen molar-refractivity contribution in [2.45, 2.75) is 210 Å². The summed E-state index contributed by atoms with van der Waals surface area (Å²) in [4.78, 5) is 252. The van der Waals surface area contributed by atoms with Crippen molar-refractivity contribution < 1.29 is 81.8 Å². The Kier molecular flexibility index (Phi) is 32.8. The molecular formula is C79H111N21O17S2. The lowest BCUT2D eigenvalue weighted by Crippen LogP contribution is -2.62. The van der Waals surface area contributed by atoms with Crippen molar-refractivity contribution in [1.29, 1.82) is 0 Å². The van der Waals surface area contributed by atoms with Gasteiger partial charge in [-0.3, -0.25) is 76.7 Å². The molecule has 0 aliphatic carbocycles. The minimum atomic E-state index is -1.78. The van der Waals surface area contributed by atoms with E-state index < -0.39 is 210 Å². The highest BCUT2D eigenvalue weighted by atomic mass is 33.1. The number of imidazole rings is 1. The zero-order valence-electron chi connectivity index (χ0n) is 68.3. The molecule has 646 valence electrons. The SMILES string of the molecule is CC(C)C[C@@H]1NC(=O)[C@H](Cc2cnc[nH]2)NC(=O)[C@H](Cc2c[nH]c3ccccc23)NC(=O)CNC(=O)[C@@H]2CSSC[C@H](NC(=O)[C@H](Cc3c[nH]c4ccccc34)NC(=O)[C@H](C(C)C)NC(=O)[C@H](CC(C)C)NC(=O)[C@H](CCC(=O)N(C)C)NC(=O)CNC1=O)C(=O)N[C@@H]([C@@H](C)O)C(=O)N1CCC[C@@H]1C(=O)N1C[C@@H](N)C[C@H]1C(=O)N[C@@H](C)C(=O)N2. The Morgan fingerprint density at radius 2 is 1.03 bits per heavy atom. The van der Waals surface area contributed by atoms with Gasteiger partial charge in [0, 0.05) is 117 Å². The molecule has 4 aliphatic heterocycles. The Balaban J connectivity index is 1.11. The van der Waals surface area contributed by atoms with Crippen LogP contribution in [0.25, 0.3) is 21.8 Å². The fraction of sp³-hybridized carbons (Fsp3) is 0.557. The third-order valence-electron chi connectivity index (χ3n) is 21.0. The van der Waals surface area contributed by atoms with E-state index >= 15 is 19.2 Å². The number of hydrogen-bond acceptors (Lipinski definition) is 21. The van der Waals surface area contributed by atoms with Gasteiger partial charge in [0.2, 0.25) is 94.5 Å². The van der Waals surface area contributed by atoms with Crippen molar-refractivity contribution in [3.05, 3.63) is 90.3 Å². The van der Waals surface area contributed by atoms with Crippen LogP contribution in [0.5, 0.6) is 0 Å². The average molecular weight is 1690 g/mol. The van der Waals surface area contributed by atoms with Gasteiger partial charge < -0.3 is 110 Å². The molecule has 3 aromatic heterocycles. The van der Waals surface area contributed by atoms with Gasteiger partial charge in [-0.2, -0.15) is 0 Å². The number of H-pyrrole nitrogens is 3. The van der Waals surface area contributed by atoms with Crippen LogP contribution in [0.15, 0.2) is 73.4 Å². The molecule has 15 atom stereocenters. The predicted octanol–water partition coefficient (Wildman–Crippen LogP) is -2.69. The molecule has 0 spiro atoms. The molecule has 19 N–H and O–H groups in total. The minimum Gasteiger partial charge on any atom is -0.391 e. The van der Waals surface area contributed by atoms with Crippen molar-refractivity contribution in [2.75, 3.05) is 51.8 Å². The molecule has 0 radical (unpaired) electrons. The first-order valence-electron chi connectivity index (χ1n) is 40.0. The first kappa shape index (κ1) is 91.8. The third-order valence-corrected chi connectivity index (χ3v) is 23.4. The van der Waals surface area contributed by atoms with Crippen LogP contribution in [0.4, 0.5) is 0 Å². The lowest BCUT2D eigenvalue weighted by Gasteiger charge is -2.34. The number of rotatable bonds is 15. The third kappa shape index (κ3) is 25.2. The molecule has 4 fully saturated rings. The van der Waals surface area contributed by atoms with Gasteiger partial charge in [-0.1, -0.05) is 99.5 Å². The van der Waals surface area contributed by atoms with Gasteiger partial charge in [0.25, 0.3) is 0 Å². The second-order valence-corrected chi connectivity index (χ2v) is 34.5. The van der Waals surface area contributed by atoms with Crippen molar-refractivity contribution in [3.63, 3.8) is 0 Å². The number of amides is 16. The molecule has 4 aliphatic rings. The van der Waals surface area contributed by atoms with Crippen LogP contribution < -0.4 is 74.9 Å². The summed E-state index contributed by atoms with van der Waals surface area (Å²) in [5.74, 6) is -16.2. The molecule has 16 amide bonds. The van der Waals surface area contributed by atoms with E-state index in [1.54, 1.807) is 102 Å². The van der Waals surface area contributed by atoms with Gasteiger partial charge in [0.15, 0.2) is 0 Å². The molecule has 0 unspecified atom stereocenters. The van der Waals surface area contributed by atoms with Crippen LogP contribution in [0.1, 0.15) is 117 Å². The van der Waals surface area contributed by atoms with Crippen molar-refractivity contribution in [1.82, 2.24) is 104 Å². The quantitative estimate of drug-likeness (QED) is 0.0475. The Bertz CT molecular complexity index is 4510. The van der Waals surface area contributed by atoms with Gasteiger partial charge in [0.1, 0.15) is 78.5 Å². The number of nitrogens with one attached hydrogen (secondary N) is 16. The lowest BCUT2D eigenvalue weighted by atomic mass is 9.98. The van der Waals surface area contributed by atoms with E-state index in [0.717, 1.165) is 21.6 Å². The van der Waals surface area contributed by atoms with E-state index in [9.17, 15) is 62.6 Å². The second-order valence-electron chi connectivity index (χ2n) is 32.0. The number of hydrogen-bond donors (Lipinski definition) is 18. The van der Waals surface area contributed by atoms with Crippen molar-refractivity contribution in [3.8, 4) is 0 Å². The van der Waals surface area contributed by atoms with Gasteiger partial charge >= 0.3 is 0 Å². The van der Waals surface area contributed by atoms with Crippen molar-refractivity contribution in [2.24, 2.45) is 23.5 Å². The van der Waals surface area contributed by atoms with Gasteiger partial charge in [-0.25, -0.2) is 4.98 Å². The number of carbonyl (C=O) groups excluding carboxylic acids is 16. The van der Waals surface area contributed by atoms with E-state index in [1.165, 1.54) is 55.2 Å². The highest BCUT2D eigenvalue weighted by molar-refractivity contribution is 8.76. The number of aliphatic hydroxyl groups excluding tert-OH is 1. The second kappa shape index (κ2) is 42.5. The molecule has 4 saturated heterocycles. The zero-order valence-corrected chi connectivity index (χ0v) is 69.9. The van der Waals surface area contributed by atoms with Gasteiger partial charge in [0.05, 0.1) is 25.5 Å². The fourth-order valence-corrected chi connectivity index (χ4v) is 16.9. The standard InChI is InChI=1S/C79H111N21O17S2/c1-39(2)24-53-68(106)84-33-62(102)88-52(21-22-64(104)98(9)10)70(108)91-54(25-40(3)4)74(112)96-65(41(5)6)77(115)93-56(27-45-31-83-51-19-14-12-17-49(45)51)72(110)95-59-37-119-118-36-58(94-67(105)42(7)87-76(114)61-28-46(80)35-100(61)78(116)60-20-15-23-99(60)79(117)66(43(8)101)97-75(59)113)69(107)85-34-63(103)89-55(26-44-30-82-50-18-13-11-16-48(44)50)71(109)92-57(73(111)90-53)29-47-32-81-38-86-47/h11-14,16-19,30-32,38-43,46,52-61,65-66,82-83,101H,15,20-29,33-37,80H2,1-10H3,(H,81,86)(H,84,106)(H,85,107)(H,87,114)(H,88,102)(H,89,103)(H,90,111)(H,91,108)(H,92,109)(H,93,115)(H,94,105)(H,95,110)(H,96,112)(H,97,113)/t42-,43+,46-,52-,53-,54-,55-,56-,57-,58-,59-,60+,61-,65-,66-/m0/s1. The Morgan fingerprint density at radius 3 is 1.59 bits per heavy atom. The topological polar surface area (TPSA) is 546 Å². The monoisotopic (exact) mass is 1690 g/mol. The maximum absolute atomic E-state index is 15.5. The van der Waals surface area contributed by atoms with Crippen LogP contribution in [0.3, 0.4) is 0 Å². The fourth-order valence-electron chi connectivity index (χ4n) is 14.6. The predicted molar refractivity (Wildman–Crippen MR) is 440 cm³/mol. The van der Waals surface area contributed by atoms with Crippen LogP contribution in [0.2, 0.25) is 0 Å². The summed E-state index contributed by atoms with van der Waals surface area (Å²) in [6, 6.07) is -6.05. The lowest BCUT2D eigenvalue weighted by molar-refractivity contribution is -0.149. The van der Waals surface area contributed by atoms with E-state index in [-0.39, 0.29) is 94.9 Å². The minimum absolute atomic E-state index is 0.0175. The molecule has 9 rings (SSSR count). The molecule has 7 heterocycles. The number of aromatic nitrogens is 4. The van der Waals surface area contributed by atoms with Crippen LogP contribution in [0, 0.1) is 17.8 Å². The number of aliphatic hydroxyl groups is 1. The normalized spacial score (nSPS) is 26.7. The van der Waals surface area contributed by atoms with Crippen molar-refractivity contribution >= 4 is 138 Å². The molecule has 2 aromatic carbocycles. The molecule has 5 aromatic rings. The van der Waals surface area contributed by atoms with E-state index in [2.05, 4.69) is 89.1 Å². The summed E-state index contributed by atoms with van der Waals surface area (Å²) in [7, 11) is 4.73. The largest absolute Gasteiger partial charge is 0.391 e. The maximum Gasteiger partial charge on any atom is 0.248 e. The number of carbonyl (C=O) groups is 16. The Hall–Kier alpha value is -11.1. The maximum atomic E-state index is 15.5. The van der Waals surface area contributed by atoms with E-state index in [0.29, 0.717) is 38.6 Å². The molecule has 2 bridgehead atoms. The smallest absolute Gasteiger partial charge is 0.248 e. The molecule has 38 nitrogen and oxygen atoms in total. The Labute approximate surface area is 695 Å². The summed E-state index contributed by atoms with van der Waals surface area (Å²) >= 11 is 0. The first-order valence-corrected chi connectivity index (χ1v) is 42.5. The number of benzene rings is 2.